The molecule has 0 bridgehead atoms. The van der Waals surface area contributed by atoms with E-state index in [0.29, 0.717) is 0 Å². The van der Waals surface area contributed by atoms with Crippen LogP contribution < -0.4 is 0 Å². The number of hydrogen-bond donors (Lipinski definition) is 0. The summed E-state index contributed by atoms with van der Waals surface area (Å²) < 4.78 is 9.03. The standard InChI is InChI=1S/C8H10O3.C8H14O3/c9-7-5-3-1-2-4-6(5)8(10)11-7;1-5(2)7(9)11-8(10)6(3)4/h5-6H,1-4H2;5-6H,1-4H3. The molecule has 2 atom stereocenters. The van der Waals surface area contributed by atoms with Crippen molar-refractivity contribution in [3.05, 3.63) is 0 Å². The van der Waals surface area contributed by atoms with E-state index >= 15 is 0 Å². The number of rotatable bonds is 2. The molecular weight excluding hydrogens is 288 g/mol. The molecule has 124 valence electrons. The molecule has 1 aliphatic carbocycles. The molecule has 0 aromatic carbocycles. The van der Waals surface area contributed by atoms with Gasteiger partial charge in [-0.25, -0.2) is 0 Å². The number of hydrogen-bond acceptors (Lipinski definition) is 6. The average Bonchev–Trinajstić information content (AvgIpc) is 2.75. The van der Waals surface area contributed by atoms with Gasteiger partial charge in [0.15, 0.2) is 0 Å². The van der Waals surface area contributed by atoms with Crippen molar-refractivity contribution >= 4 is 23.9 Å². The Labute approximate surface area is 130 Å². The second kappa shape index (κ2) is 8.06. The molecule has 1 aliphatic heterocycles. The summed E-state index contributed by atoms with van der Waals surface area (Å²) >= 11 is 0. The summed E-state index contributed by atoms with van der Waals surface area (Å²) in [6, 6.07) is 0. The summed E-state index contributed by atoms with van der Waals surface area (Å²) in [4.78, 5) is 43.6. The molecule has 1 saturated heterocycles. The number of esters is 4. The molecule has 1 heterocycles. The lowest BCUT2D eigenvalue weighted by Gasteiger charge is -2.18. The first-order valence-corrected chi connectivity index (χ1v) is 7.75. The minimum Gasteiger partial charge on any atom is -0.393 e. The number of ether oxygens (including phenoxy) is 2. The van der Waals surface area contributed by atoms with E-state index in [-0.39, 0.29) is 35.6 Å². The first kappa shape index (κ1) is 18.3. The third kappa shape index (κ3) is 4.93. The van der Waals surface area contributed by atoms with Crippen LogP contribution >= 0.6 is 0 Å². The highest BCUT2D eigenvalue weighted by Crippen LogP contribution is 2.36. The van der Waals surface area contributed by atoms with Crippen LogP contribution in [0.1, 0.15) is 53.4 Å². The van der Waals surface area contributed by atoms with Gasteiger partial charge in [-0.05, 0) is 12.8 Å². The molecule has 0 N–H and O–H groups in total. The number of fused-ring (bicyclic) bond motifs is 1. The number of cyclic esters (lactones) is 2. The van der Waals surface area contributed by atoms with E-state index in [2.05, 4.69) is 9.47 Å². The third-order valence-electron chi connectivity index (χ3n) is 3.72. The highest BCUT2D eigenvalue weighted by Gasteiger charge is 2.44. The Bertz CT molecular complexity index is 412. The highest BCUT2D eigenvalue weighted by molar-refractivity contribution is 5.96. The summed E-state index contributed by atoms with van der Waals surface area (Å²) in [6.07, 6.45) is 3.80. The predicted octanol–water partition coefficient (Wildman–Crippen LogP) is 2.24. The lowest BCUT2D eigenvalue weighted by Crippen LogP contribution is -2.21. The van der Waals surface area contributed by atoms with Gasteiger partial charge < -0.3 is 9.47 Å². The Morgan fingerprint density at radius 1 is 0.909 bits per heavy atom. The van der Waals surface area contributed by atoms with Crippen LogP contribution in [0.2, 0.25) is 0 Å². The topological polar surface area (TPSA) is 86.7 Å². The van der Waals surface area contributed by atoms with Gasteiger partial charge in [-0.1, -0.05) is 40.5 Å². The SMILES string of the molecule is CC(C)C(=O)OC(=O)C(C)C.O=C1OC(=O)C2CCCCC12. The molecule has 2 aliphatic rings. The predicted molar refractivity (Wildman–Crippen MR) is 77.3 cm³/mol. The molecule has 22 heavy (non-hydrogen) atoms. The summed E-state index contributed by atoms with van der Waals surface area (Å²) in [5, 5.41) is 0. The van der Waals surface area contributed by atoms with Crippen molar-refractivity contribution in [2.75, 3.05) is 0 Å². The van der Waals surface area contributed by atoms with Gasteiger partial charge >= 0.3 is 23.9 Å². The van der Waals surface area contributed by atoms with Crippen molar-refractivity contribution in [1.82, 2.24) is 0 Å². The van der Waals surface area contributed by atoms with E-state index in [1.54, 1.807) is 27.7 Å². The van der Waals surface area contributed by atoms with Crippen molar-refractivity contribution in [2.45, 2.75) is 53.4 Å². The van der Waals surface area contributed by atoms with E-state index in [0.717, 1.165) is 25.7 Å². The second-order valence-electron chi connectivity index (χ2n) is 6.29. The van der Waals surface area contributed by atoms with E-state index in [4.69, 9.17) is 0 Å². The van der Waals surface area contributed by atoms with Gasteiger partial charge in [-0.2, -0.15) is 0 Å². The maximum Gasteiger partial charge on any atom is 0.317 e. The highest BCUT2D eigenvalue weighted by atomic mass is 16.6. The fraction of sp³-hybridized carbons (Fsp3) is 0.750. The Kier molecular flexibility index (Phi) is 6.71. The molecule has 2 fully saturated rings. The molecule has 0 spiro atoms. The second-order valence-corrected chi connectivity index (χ2v) is 6.29. The molecule has 0 amide bonds. The van der Waals surface area contributed by atoms with Crippen LogP contribution in [0.5, 0.6) is 0 Å². The van der Waals surface area contributed by atoms with Crippen molar-refractivity contribution in [2.24, 2.45) is 23.7 Å². The fourth-order valence-electron chi connectivity index (χ4n) is 2.28. The Balaban J connectivity index is 0.000000220. The Morgan fingerprint density at radius 2 is 1.27 bits per heavy atom. The van der Waals surface area contributed by atoms with Crippen LogP contribution in [-0.2, 0) is 28.7 Å². The van der Waals surface area contributed by atoms with Crippen molar-refractivity contribution in [3.63, 3.8) is 0 Å². The zero-order valence-electron chi connectivity index (χ0n) is 13.6. The summed E-state index contributed by atoms with van der Waals surface area (Å²) in [5.74, 6) is -2.17. The zero-order valence-corrected chi connectivity index (χ0v) is 13.6. The van der Waals surface area contributed by atoms with Crippen LogP contribution in [0.3, 0.4) is 0 Å². The minimum absolute atomic E-state index is 0.101. The van der Waals surface area contributed by atoms with Crippen LogP contribution in [0.15, 0.2) is 0 Å². The molecule has 6 heteroatoms. The van der Waals surface area contributed by atoms with Gasteiger partial charge in [-0.15, -0.1) is 0 Å². The smallest absolute Gasteiger partial charge is 0.317 e. The number of carbonyl (C=O) groups is 4. The summed E-state index contributed by atoms with van der Waals surface area (Å²) in [5.41, 5.74) is 0. The van der Waals surface area contributed by atoms with Crippen molar-refractivity contribution < 1.29 is 28.7 Å². The van der Waals surface area contributed by atoms with E-state index in [1.807, 2.05) is 0 Å². The van der Waals surface area contributed by atoms with E-state index < -0.39 is 11.9 Å². The van der Waals surface area contributed by atoms with Crippen molar-refractivity contribution in [3.8, 4) is 0 Å². The molecule has 0 aromatic rings. The molecule has 0 aromatic heterocycles. The summed E-state index contributed by atoms with van der Waals surface area (Å²) in [7, 11) is 0. The van der Waals surface area contributed by atoms with Gasteiger partial charge in [0.25, 0.3) is 0 Å². The molecule has 1 saturated carbocycles. The maximum atomic E-state index is 11.0. The molecule has 2 unspecified atom stereocenters. The largest absolute Gasteiger partial charge is 0.393 e. The fourth-order valence-corrected chi connectivity index (χ4v) is 2.28. The lowest BCUT2D eigenvalue weighted by atomic mass is 9.81. The number of carbonyl (C=O) groups excluding carboxylic acids is 4. The normalized spacial score (nSPS) is 23.5. The van der Waals surface area contributed by atoms with Crippen LogP contribution in [0, 0.1) is 23.7 Å². The van der Waals surface area contributed by atoms with Gasteiger partial charge in [0.2, 0.25) is 0 Å². The van der Waals surface area contributed by atoms with Crippen LogP contribution in [0.25, 0.3) is 0 Å². The maximum absolute atomic E-state index is 11.0. The average molecular weight is 312 g/mol. The molecule has 0 radical (unpaired) electrons. The van der Waals surface area contributed by atoms with Gasteiger partial charge in [0, 0.05) is 0 Å². The Hall–Kier alpha value is -1.72. The van der Waals surface area contributed by atoms with Crippen molar-refractivity contribution in [1.29, 1.82) is 0 Å². The molecule has 2 rings (SSSR count). The third-order valence-corrected chi connectivity index (χ3v) is 3.72. The molecular formula is C16H24O6. The van der Waals surface area contributed by atoms with Gasteiger partial charge in [0.1, 0.15) is 0 Å². The monoisotopic (exact) mass is 312 g/mol. The quantitative estimate of drug-likeness (QED) is 0.574. The summed E-state index contributed by atoms with van der Waals surface area (Å²) in [6.45, 7) is 6.76. The lowest BCUT2D eigenvalue weighted by molar-refractivity contribution is -0.164. The Morgan fingerprint density at radius 3 is 1.59 bits per heavy atom. The minimum atomic E-state index is -0.455. The first-order chi connectivity index (χ1) is 10.2. The zero-order chi connectivity index (χ0) is 16.9. The van der Waals surface area contributed by atoms with Crippen LogP contribution in [0.4, 0.5) is 0 Å². The van der Waals surface area contributed by atoms with Gasteiger partial charge in [-0.3, -0.25) is 19.2 Å². The van der Waals surface area contributed by atoms with Crippen LogP contribution in [-0.4, -0.2) is 23.9 Å². The van der Waals surface area contributed by atoms with E-state index in [1.165, 1.54) is 0 Å². The first-order valence-electron chi connectivity index (χ1n) is 7.75. The molecule has 6 nitrogen and oxygen atoms in total. The van der Waals surface area contributed by atoms with E-state index in [9.17, 15) is 19.2 Å². The van der Waals surface area contributed by atoms with Gasteiger partial charge in [0.05, 0.1) is 23.7 Å².